The SMILES string of the molecule is CCCc1nc(CCC)c(I)c(NCC)n1. The Kier molecular flexibility index (Phi) is 6.01. The molecule has 1 aromatic rings. The molecule has 3 nitrogen and oxygen atoms in total. The highest BCUT2D eigenvalue weighted by Crippen LogP contribution is 2.20. The number of anilines is 1. The van der Waals surface area contributed by atoms with Gasteiger partial charge in [0.15, 0.2) is 0 Å². The molecule has 0 unspecified atom stereocenters. The molecule has 0 saturated carbocycles. The van der Waals surface area contributed by atoms with Crippen molar-refractivity contribution in [2.75, 3.05) is 11.9 Å². The zero-order valence-electron chi connectivity index (χ0n) is 10.3. The van der Waals surface area contributed by atoms with Crippen molar-refractivity contribution in [2.45, 2.75) is 46.5 Å². The molecule has 16 heavy (non-hydrogen) atoms. The maximum Gasteiger partial charge on any atom is 0.143 e. The van der Waals surface area contributed by atoms with Crippen molar-refractivity contribution in [2.24, 2.45) is 0 Å². The van der Waals surface area contributed by atoms with Crippen molar-refractivity contribution in [1.29, 1.82) is 0 Å². The smallest absolute Gasteiger partial charge is 0.143 e. The molecular weight excluding hydrogens is 313 g/mol. The van der Waals surface area contributed by atoms with E-state index in [0.717, 1.165) is 43.9 Å². The summed E-state index contributed by atoms with van der Waals surface area (Å²) in [5, 5.41) is 3.31. The molecule has 0 aliphatic heterocycles. The number of hydrogen-bond acceptors (Lipinski definition) is 3. The van der Waals surface area contributed by atoms with Gasteiger partial charge in [0.1, 0.15) is 11.6 Å². The minimum atomic E-state index is 0.907. The molecule has 90 valence electrons. The molecule has 0 bridgehead atoms. The van der Waals surface area contributed by atoms with E-state index in [1.54, 1.807) is 0 Å². The first kappa shape index (κ1) is 13.7. The molecule has 0 radical (unpaired) electrons. The standard InChI is InChI=1S/C12H20IN3/c1-4-7-9-11(13)12(14-6-3)16-10(15-9)8-5-2/h4-8H2,1-3H3,(H,14,15,16). The topological polar surface area (TPSA) is 37.8 Å². The van der Waals surface area contributed by atoms with E-state index in [2.05, 4.69) is 58.6 Å². The van der Waals surface area contributed by atoms with Gasteiger partial charge in [-0.05, 0) is 42.4 Å². The van der Waals surface area contributed by atoms with E-state index in [0.29, 0.717) is 0 Å². The quantitative estimate of drug-likeness (QED) is 0.811. The minimum Gasteiger partial charge on any atom is -0.369 e. The maximum absolute atomic E-state index is 4.64. The summed E-state index contributed by atoms with van der Waals surface area (Å²) < 4.78 is 1.18. The van der Waals surface area contributed by atoms with Crippen LogP contribution in [-0.2, 0) is 12.8 Å². The van der Waals surface area contributed by atoms with Crippen LogP contribution in [0.1, 0.15) is 45.1 Å². The molecule has 0 saturated heterocycles. The second kappa shape index (κ2) is 7.04. The van der Waals surface area contributed by atoms with Gasteiger partial charge in [0.2, 0.25) is 0 Å². The maximum atomic E-state index is 4.64. The lowest BCUT2D eigenvalue weighted by Crippen LogP contribution is -2.09. The van der Waals surface area contributed by atoms with Crippen LogP contribution in [-0.4, -0.2) is 16.5 Å². The molecule has 1 rings (SSSR count). The van der Waals surface area contributed by atoms with Gasteiger partial charge in [0.25, 0.3) is 0 Å². The fourth-order valence-electron chi connectivity index (χ4n) is 1.57. The highest BCUT2D eigenvalue weighted by Gasteiger charge is 2.10. The zero-order valence-corrected chi connectivity index (χ0v) is 12.5. The van der Waals surface area contributed by atoms with E-state index >= 15 is 0 Å². The molecular formula is C12H20IN3. The van der Waals surface area contributed by atoms with E-state index in [1.165, 1.54) is 9.26 Å². The fourth-order valence-corrected chi connectivity index (χ4v) is 2.27. The first-order valence-electron chi connectivity index (χ1n) is 6.02. The van der Waals surface area contributed by atoms with Gasteiger partial charge in [-0.1, -0.05) is 20.3 Å². The molecule has 1 heterocycles. The van der Waals surface area contributed by atoms with E-state index in [4.69, 9.17) is 0 Å². The molecule has 4 heteroatoms. The first-order valence-corrected chi connectivity index (χ1v) is 7.09. The molecule has 0 aliphatic carbocycles. The summed E-state index contributed by atoms with van der Waals surface area (Å²) in [4.78, 5) is 9.20. The van der Waals surface area contributed by atoms with Crippen molar-refractivity contribution < 1.29 is 0 Å². The lowest BCUT2D eigenvalue weighted by atomic mass is 10.2. The summed E-state index contributed by atoms with van der Waals surface area (Å²) in [5.41, 5.74) is 1.19. The number of rotatable bonds is 6. The second-order valence-corrected chi connectivity index (χ2v) is 4.86. The highest BCUT2D eigenvalue weighted by molar-refractivity contribution is 14.1. The Morgan fingerprint density at radius 1 is 1.06 bits per heavy atom. The lowest BCUT2D eigenvalue weighted by Gasteiger charge is -2.11. The fraction of sp³-hybridized carbons (Fsp3) is 0.667. The Hall–Kier alpha value is -0.390. The average Bonchev–Trinajstić information content (AvgIpc) is 2.26. The van der Waals surface area contributed by atoms with Gasteiger partial charge in [-0.3, -0.25) is 0 Å². The first-order chi connectivity index (χ1) is 7.72. The molecule has 0 atom stereocenters. The Morgan fingerprint density at radius 2 is 1.75 bits per heavy atom. The van der Waals surface area contributed by atoms with Crippen LogP contribution in [0, 0.1) is 3.57 Å². The Labute approximate surface area is 112 Å². The van der Waals surface area contributed by atoms with Crippen molar-refractivity contribution in [3.63, 3.8) is 0 Å². The lowest BCUT2D eigenvalue weighted by molar-refractivity contribution is 0.788. The summed E-state index contributed by atoms with van der Waals surface area (Å²) in [6, 6.07) is 0. The number of nitrogens with one attached hydrogen (secondary N) is 1. The molecule has 0 spiro atoms. The number of hydrogen-bond donors (Lipinski definition) is 1. The third-order valence-electron chi connectivity index (χ3n) is 2.27. The van der Waals surface area contributed by atoms with Crippen LogP contribution < -0.4 is 5.32 Å². The molecule has 0 fully saturated rings. The van der Waals surface area contributed by atoms with Crippen LogP contribution in [0.4, 0.5) is 5.82 Å². The van der Waals surface area contributed by atoms with Gasteiger partial charge >= 0.3 is 0 Å². The molecule has 0 aromatic carbocycles. The summed E-state index contributed by atoms with van der Waals surface area (Å²) in [7, 11) is 0. The van der Waals surface area contributed by atoms with Crippen LogP contribution in [0.5, 0.6) is 0 Å². The van der Waals surface area contributed by atoms with Crippen LogP contribution in [0.25, 0.3) is 0 Å². The number of aryl methyl sites for hydroxylation is 2. The second-order valence-electron chi connectivity index (χ2n) is 3.78. The van der Waals surface area contributed by atoms with Gasteiger partial charge in [0.05, 0.1) is 9.26 Å². The molecule has 0 amide bonds. The molecule has 1 N–H and O–H groups in total. The number of nitrogens with zero attached hydrogens (tertiary/aromatic N) is 2. The van der Waals surface area contributed by atoms with Crippen LogP contribution in [0.15, 0.2) is 0 Å². The van der Waals surface area contributed by atoms with Crippen molar-refractivity contribution >= 4 is 28.4 Å². The highest BCUT2D eigenvalue weighted by atomic mass is 127. The average molecular weight is 333 g/mol. The predicted octanol–water partition coefficient (Wildman–Crippen LogP) is 3.42. The van der Waals surface area contributed by atoms with E-state index in [1.807, 2.05) is 0 Å². The van der Waals surface area contributed by atoms with Crippen LogP contribution >= 0.6 is 22.6 Å². The largest absolute Gasteiger partial charge is 0.369 e. The Balaban J connectivity index is 3.05. The van der Waals surface area contributed by atoms with Crippen molar-refractivity contribution in [1.82, 2.24) is 9.97 Å². The molecule has 1 aromatic heterocycles. The monoisotopic (exact) mass is 333 g/mol. The van der Waals surface area contributed by atoms with Gasteiger partial charge in [-0.15, -0.1) is 0 Å². The zero-order chi connectivity index (χ0) is 12.0. The van der Waals surface area contributed by atoms with Gasteiger partial charge in [-0.2, -0.15) is 0 Å². The number of halogens is 1. The van der Waals surface area contributed by atoms with Crippen molar-refractivity contribution in [3.05, 3.63) is 15.1 Å². The predicted molar refractivity (Wildman–Crippen MR) is 76.9 cm³/mol. The van der Waals surface area contributed by atoms with E-state index in [-0.39, 0.29) is 0 Å². The third-order valence-corrected chi connectivity index (χ3v) is 3.40. The summed E-state index contributed by atoms with van der Waals surface area (Å²) in [5.74, 6) is 1.98. The Bertz CT molecular complexity index is 312. The third kappa shape index (κ3) is 3.57. The number of aromatic nitrogens is 2. The normalized spacial score (nSPS) is 10.5. The van der Waals surface area contributed by atoms with Gasteiger partial charge in [-0.25, -0.2) is 9.97 Å². The van der Waals surface area contributed by atoms with Gasteiger partial charge in [0, 0.05) is 13.0 Å². The summed E-state index contributed by atoms with van der Waals surface area (Å²) in [6.07, 6.45) is 4.23. The minimum absolute atomic E-state index is 0.907. The van der Waals surface area contributed by atoms with Gasteiger partial charge < -0.3 is 5.32 Å². The summed E-state index contributed by atoms with van der Waals surface area (Å²) >= 11 is 2.35. The van der Waals surface area contributed by atoms with E-state index < -0.39 is 0 Å². The summed E-state index contributed by atoms with van der Waals surface area (Å²) in [6.45, 7) is 7.35. The van der Waals surface area contributed by atoms with Crippen LogP contribution in [0.3, 0.4) is 0 Å². The Morgan fingerprint density at radius 3 is 2.31 bits per heavy atom. The van der Waals surface area contributed by atoms with Crippen LogP contribution in [0.2, 0.25) is 0 Å². The molecule has 0 aliphatic rings. The van der Waals surface area contributed by atoms with Crippen molar-refractivity contribution in [3.8, 4) is 0 Å². The van der Waals surface area contributed by atoms with E-state index in [9.17, 15) is 0 Å².